The lowest BCUT2D eigenvalue weighted by Crippen LogP contribution is -2.30. The summed E-state index contributed by atoms with van der Waals surface area (Å²) in [6.07, 6.45) is 0. The van der Waals surface area contributed by atoms with E-state index in [9.17, 15) is 4.39 Å². The van der Waals surface area contributed by atoms with Crippen molar-refractivity contribution in [2.45, 2.75) is 20.4 Å². The van der Waals surface area contributed by atoms with Gasteiger partial charge in [-0.05, 0) is 23.6 Å². The van der Waals surface area contributed by atoms with E-state index >= 15 is 0 Å². The zero-order chi connectivity index (χ0) is 12.2. The first kappa shape index (κ1) is 13.8. The van der Waals surface area contributed by atoms with Gasteiger partial charge in [0.25, 0.3) is 0 Å². The minimum atomic E-state index is -0.236. The second-order valence-corrected chi connectivity index (χ2v) is 5.34. The van der Waals surface area contributed by atoms with Crippen LogP contribution in [0.4, 0.5) is 4.39 Å². The van der Waals surface area contributed by atoms with E-state index in [4.69, 9.17) is 23.2 Å². The molecular weight excluding hydrogens is 248 g/mol. The molecule has 1 rings (SSSR count). The molecule has 0 spiro atoms. The predicted octanol–water partition coefficient (Wildman–Crippen LogP) is 3.83. The number of benzene rings is 1. The molecule has 16 heavy (non-hydrogen) atoms. The van der Waals surface area contributed by atoms with E-state index in [1.807, 2.05) is 0 Å². The third kappa shape index (κ3) is 4.28. The van der Waals surface area contributed by atoms with E-state index in [0.717, 1.165) is 6.54 Å². The Morgan fingerprint density at radius 2 is 2.06 bits per heavy atom. The SMILES string of the molecule is CC(C)(CCl)CNCc1cc(Cl)ccc1F. The molecule has 0 saturated heterocycles. The molecule has 4 heteroatoms. The molecular formula is C12H16Cl2FN. The van der Waals surface area contributed by atoms with Crippen molar-refractivity contribution >= 4 is 23.2 Å². The van der Waals surface area contributed by atoms with Crippen LogP contribution in [0, 0.1) is 11.2 Å². The number of nitrogens with one attached hydrogen (secondary N) is 1. The van der Waals surface area contributed by atoms with Crippen LogP contribution in [-0.4, -0.2) is 12.4 Å². The molecule has 0 bridgehead atoms. The highest BCUT2D eigenvalue weighted by Crippen LogP contribution is 2.17. The number of hydrogen-bond donors (Lipinski definition) is 1. The summed E-state index contributed by atoms with van der Waals surface area (Å²) in [5.41, 5.74) is 0.592. The van der Waals surface area contributed by atoms with Crippen LogP contribution >= 0.6 is 23.2 Å². The average Bonchev–Trinajstić information content (AvgIpc) is 2.23. The van der Waals surface area contributed by atoms with Crippen LogP contribution in [0.5, 0.6) is 0 Å². The van der Waals surface area contributed by atoms with Gasteiger partial charge in [0.15, 0.2) is 0 Å². The Labute approximate surface area is 106 Å². The molecule has 0 unspecified atom stereocenters. The summed E-state index contributed by atoms with van der Waals surface area (Å²) in [5, 5.41) is 3.73. The molecule has 0 heterocycles. The highest BCUT2D eigenvalue weighted by atomic mass is 35.5. The minimum Gasteiger partial charge on any atom is -0.312 e. The van der Waals surface area contributed by atoms with Crippen molar-refractivity contribution in [2.75, 3.05) is 12.4 Å². The lowest BCUT2D eigenvalue weighted by molar-refractivity contribution is 0.383. The normalized spacial score (nSPS) is 11.8. The second-order valence-electron chi connectivity index (χ2n) is 4.64. The van der Waals surface area contributed by atoms with Crippen molar-refractivity contribution in [3.05, 3.63) is 34.6 Å². The summed E-state index contributed by atoms with van der Waals surface area (Å²) in [7, 11) is 0. The first-order valence-corrected chi connectivity index (χ1v) is 6.06. The number of hydrogen-bond acceptors (Lipinski definition) is 1. The molecule has 1 nitrogen and oxygen atoms in total. The van der Waals surface area contributed by atoms with Gasteiger partial charge in [0.1, 0.15) is 5.82 Å². The monoisotopic (exact) mass is 263 g/mol. The zero-order valence-corrected chi connectivity index (χ0v) is 11.0. The first-order chi connectivity index (χ1) is 7.44. The van der Waals surface area contributed by atoms with Crippen LogP contribution in [-0.2, 0) is 6.54 Å². The van der Waals surface area contributed by atoms with Gasteiger partial charge < -0.3 is 5.32 Å². The minimum absolute atomic E-state index is 0.0105. The van der Waals surface area contributed by atoms with E-state index in [1.165, 1.54) is 6.07 Å². The molecule has 1 aromatic rings. The van der Waals surface area contributed by atoms with Gasteiger partial charge in [0.2, 0.25) is 0 Å². The van der Waals surface area contributed by atoms with Gasteiger partial charge in [0.05, 0.1) is 0 Å². The molecule has 0 aliphatic heterocycles. The van der Waals surface area contributed by atoms with Crippen LogP contribution in [0.25, 0.3) is 0 Å². The van der Waals surface area contributed by atoms with Crippen LogP contribution in [0.2, 0.25) is 5.02 Å². The van der Waals surface area contributed by atoms with Gasteiger partial charge >= 0.3 is 0 Å². The van der Waals surface area contributed by atoms with Crippen LogP contribution in [0.3, 0.4) is 0 Å². The van der Waals surface area contributed by atoms with E-state index in [2.05, 4.69) is 19.2 Å². The van der Waals surface area contributed by atoms with Gasteiger partial charge in [0, 0.05) is 29.6 Å². The summed E-state index contributed by atoms with van der Waals surface area (Å²) in [6.45, 7) is 5.32. The largest absolute Gasteiger partial charge is 0.312 e. The van der Waals surface area contributed by atoms with Gasteiger partial charge in [-0.1, -0.05) is 25.4 Å². The molecule has 0 aliphatic carbocycles. The highest BCUT2D eigenvalue weighted by Gasteiger charge is 2.15. The Hall–Kier alpha value is -0.310. The second kappa shape index (κ2) is 5.85. The van der Waals surface area contributed by atoms with E-state index < -0.39 is 0 Å². The smallest absolute Gasteiger partial charge is 0.127 e. The molecule has 0 fully saturated rings. The molecule has 0 radical (unpaired) electrons. The van der Waals surface area contributed by atoms with Gasteiger partial charge in [-0.25, -0.2) is 4.39 Å². The van der Waals surface area contributed by atoms with Crippen molar-refractivity contribution in [3.63, 3.8) is 0 Å². The van der Waals surface area contributed by atoms with Crippen LogP contribution in [0.15, 0.2) is 18.2 Å². The van der Waals surface area contributed by atoms with Crippen LogP contribution in [0.1, 0.15) is 19.4 Å². The fourth-order valence-electron chi connectivity index (χ4n) is 1.26. The molecule has 0 aliphatic rings. The average molecular weight is 264 g/mol. The van der Waals surface area contributed by atoms with Crippen LogP contribution < -0.4 is 5.32 Å². The summed E-state index contributed by atoms with van der Waals surface area (Å²) >= 11 is 11.6. The zero-order valence-electron chi connectivity index (χ0n) is 9.49. The number of halogens is 3. The fraction of sp³-hybridized carbons (Fsp3) is 0.500. The van der Waals surface area contributed by atoms with Crippen molar-refractivity contribution in [1.82, 2.24) is 5.32 Å². The maximum atomic E-state index is 13.3. The Morgan fingerprint density at radius 3 is 2.69 bits per heavy atom. The topological polar surface area (TPSA) is 12.0 Å². The summed E-state index contributed by atoms with van der Waals surface area (Å²) < 4.78 is 13.3. The van der Waals surface area contributed by atoms with Crippen molar-refractivity contribution in [1.29, 1.82) is 0 Å². The maximum Gasteiger partial charge on any atom is 0.127 e. The highest BCUT2D eigenvalue weighted by molar-refractivity contribution is 6.30. The standard InChI is InChI=1S/C12H16Cl2FN/c1-12(2,7-13)8-16-6-9-5-10(14)3-4-11(9)15/h3-5,16H,6-8H2,1-2H3. The Kier molecular flexibility index (Phi) is 5.03. The van der Waals surface area contributed by atoms with E-state index in [-0.39, 0.29) is 11.2 Å². The van der Waals surface area contributed by atoms with E-state index in [0.29, 0.717) is 23.0 Å². The maximum absolute atomic E-state index is 13.3. The molecule has 90 valence electrons. The summed E-state index contributed by atoms with van der Waals surface area (Å²) in [5.74, 6) is 0.332. The van der Waals surface area contributed by atoms with Gasteiger partial charge in [-0.15, -0.1) is 11.6 Å². The molecule has 0 saturated carbocycles. The van der Waals surface area contributed by atoms with Gasteiger partial charge in [-0.3, -0.25) is 0 Å². The molecule has 0 aromatic heterocycles. The number of alkyl halides is 1. The fourth-order valence-corrected chi connectivity index (χ4v) is 1.55. The summed E-state index contributed by atoms with van der Waals surface area (Å²) in [4.78, 5) is 0. The lowest BCUT2D eigenvalue weighted by atomic mass is 9.96. The Balaban J connectivity index is 2.52. The molecule has 1 aromatic carbocycles. The Morgan fingerprint density at radius 1 is 1.38 bits per heavy atom. The predicted molar refractivity (Wildman–Crippen MR) is 67.6 cm³/mol. The number of rotatable bonds is 5. The third-order valence-corrected chi connectivity index (χ3v) is 3.25. The first-order valence-electron chi connectivity index (χ1n) is 5.15. The summed E-state index contributed by atoms with van der Waals surface area (Å²) in [6, 6.07) is 4.56. The van der Waals surface area contributed by atoms with E-state index in [1.54, 1.807) is 12.1 Å². The van der Waals surface area contributed by atoms with Crippen molar-refractivity contribution in [2.24, 2.45) is 5.41 Å². The molecule has 0 amide bonds. The molecule has 0 atom stereocenters. The van der Waals surface area contributed by atoms with Crippen molar-refractivity contribution < 1.29 is 4.39 Å². The van der Waals surface area contributed by atoms with Crippen molar-refractivity contribution in [3.8, 4) is 0 Å². The molecule has 1 N–H and O–H groups in total. The third-order valence-electron chi connectivity index (χ3n) is 2.29. The quantitative estimate of drug-likeness (QED) is 0.797. The Bertz CT molecular complexity index is 353. The van der Waals surface area contributed by atoms with Gasteiger partial charge in [-0.2, -0.15) is 0 Å². The lowest BCUT2D eigenvalue weighted by Gasteiger charge is -2.21.